The van der Waals surface area contributed by atoms with E-state index in [1.165, 1.54) is 5.56 Å². The molecule has 0 radical (unpaired) electrons. The molecule has 0 saturated carbocycles. The van der Waals surface area contributed by atoms with Crippen LogP contribution in [0.3, 0.4) is 0 Å². The van der Waals surface area contributed by atoms with Crippen molar-refractivity contribution in [3.05, 3.63) is 29.8 Å². The van der Waals surface area contributed by atoms with E-state index < -0.39 is 8.07 Å². The summed E-state index contributed by atoms with van der Waals surface area (Å²) in [6.07, 6.45) is 0. The zero-order valence-corrected chi connectivity index (χ0v) is 10.9. The Bertz CT molecular complexity index is 306. The van der Waals surface area contributed by atoms with Gasteiger partial charge in [-0.25, -0.2) is 0 Å². The molecule has 0 saturated heterocycles. The van der Waals surface area contributed by atoms with Crippen LogP contribution >= 0.6 is 11.6 Å². The van der Waals surface area contributed by atoms with Crippen LogP contribution in [0.15, 0.2) is 24.3 Å². The third-order valence-corrected chi connectivity index (χ3v) is 6.22. The lowest BCUT2D eigenvalue weighted by Crippen LogP contribution is -2.27. The number of halogens is 1. The summed E-state index contributed by atoms with van der Waals surface area (Å²) < 4.78 is 5.17. The molecular weight excluding hydrogens is 212 g/mol. The number of hydrogen-bond donors (Lipinski definition) is 0. The van der Waals surface area contributed by atoms with E-state index >= 15 is 0 Å². The molecule has 0 N–H and O–H groups in total. The predicted molar refractivity (Wildman–Crippen MR) is 64.9 cm³/mol. The highest BCUT2D eigenvalue weighted by Gasteiger charge is 2.26. The molecule has 0 aliphatic rings. The zero-order chi connectivity index (χ0) is 10.8. The molecule has 1 atom stereocenters. The maximum Gasteiger partial charge on any atom is 0.119 e. The standard InChI is InChI=1S/C11H17ClOSi/c1-13-10-7-5-6-9(8-10)11(12)14(2,3)4/h5-8,11H,1-4H3. The summed E-state index contributed by atoms with van der Waals surface area (Å²) in [5.41, 5.74) is 1.17. The van der Waals surface area contributed by atoms with Gasteiger partial charge in [-0.15, -0.1) is 11.6 Å². The fourth-order valence-corrected chi connectivity index (χ4v) is 2.61. The third kappa shape index (κ3) is 2.76. The first-order valence-corrected chi connectivity index (χ1v) is 8.74. The largest absolute Gasteiger partial charge is 0.497 e. The van der Waals surface area contributed by atoms with Gasteiger partial charge in [0, 0.05) is 0 Å². The molecule has 0 amide bonds. The molecule has 0 heterocycles. The first-order valence-electron chi connectivity index (χ1n) is 4.73. The summed E-state index contributed by atoms with van der Waals surface area (Å²) in [6.45, 7) is 6.80. The SMILES string of the molecule is COc1cccc(C(Cl)[Si](C)(C)C)c1. The highest BCUT2D eigenvalue weighted by atomic mass is 35.5. The Morgan fingerprint density at radius 1 is 1.29 bits per heavy atom. The number of ether oxygens (including phenoxy) is 1. The molecule has 0 aromatic heterocycles. The van der Waals surface area contributed by atoms with Crippen molar-refractivity contribution in [3.8, 4) is 5.75 Å². The summed E-state index contributed by atoms with van der Waals surface area (Å²) in [6, 6.07) is 8.02. The summed E-state index contributed by atoms with van der Waals surface area (Å²) in [5, 5.41) is 0.151. The van der Waals surface area contributed by atoms with Gasteiger partial charge in [0.1, 0.15) is 5.75 Å². The van der Waals surface area contributed by atoms with Gasteiger partial charge < -0.3 is 4.74 Å². The Labute approximate surface area is 92.1 Å². The van der Waals surface area contributed by atoms with Crippen LogP contribution in [-0.4, -0.2) is 15.2 Å². The minimum Gasteiger partial charge on any atom is -0.497 e. The van der Waals surface area contributed by atoms with Crippen LogP contribution in [-0.2, 0) is 0 Å². The van der Waals surface area contributed by atoms with E-state index in [0.29, 0.717) is 0 Å². The normalized spacial score (nSPS) is 13.8. The molecule has 0 aliphatic heterocycles. The van der Waals surface area contributed by atoms with E-state index in [1.54, 1.807) is 7.11 Å². The van der Waals surface area contributed by atoms with Gasteiger partial charge in [-0.05, 0) is 17.7 Å². The average Bonchev–Trinajstić information content (AvgIpc) is 2.15. The molecule has 1 unspecified atom stereocenters. The predicted octanol–water partition coefficient (Wildman–Crippen LogP) is 3.85. The molecular formula is C11H17ClOSi. The topological polar surface area (TPSA) is 9.23 Å². The molecule has 78 valence electrons. The van der Waals surface area contributed by atoms with Gasteiger partial charge >= 0.3 is 0 Å². The first-order chi connectivity index (χ1) is 6.45. The Hall–Kier alpha value is -0.473. The monoisotopic (exact) mass is 228 g/mol. The molecule has 1 nitrogen and oxygen atoms in total. The molecule has 1 aromatic rings. The lowest BCUT2D eigenvalue weighted by atomic mass is 10.2. The highest BCUT2D eigenvalue weighted by Crippen LogP contribution is 2.32. The second kappa shape index (κ2) is 4.37. The van der Waals surface area contributed by atoms with Crippen molar-refractivity contribution in [3.63, 3.8) is 0 Å². The van der Waals surface area contributed by atoms with Crippen LogP contribution in [0.5, 0.6) is 5.75 Å². The van der Waals surface area contributed by atoms with Crippen molar-refractivity contribution in [1.29, 1.82) is 0 Å². The molecule has 1 aromatic carbocycles. The average molecular weight is 229 g/mol. The van der Waals surface area contributed by atoms with Crippen molar-refractivity contribution >= 4 is 19.7 Å². The van der Waals surface area contributed by atoms with Gasteiger partial charge in [-0.2, -0.15) is 0 Å². The molecule has 3 heteroatoms. The van der Waals surface area contributed by atoms with Crippen LogP contribution in [0.4, 0.5) is 0 Å². The molecule has 14 heavy (non-hydrogen) atoms. The van der Waals surface area contributed by atoms with Crippen molar-refractivity contribution in [1.82, 2.24) is 0 Å². The Balaban J connectivity index is 2.95. The fourth-order valence-electron chi connectivity index (χ4n) is 1.30. The van der Waals surface area contributed by atoms with E-state index in [1.807, 2.05) is 18.2 Å². The quantitative estimate of drug-likeness (QED) is 0.564. The minimum absolute atomic E-state index is 0.151. The number of methoxy groups -OCH3 is 1. The summed E-state index contributed by atoms with van der Waals surface area (Å²) in [4.78, 5) is 0. The van der Waals surface area contributed by atoms with Crippen molar-refractivity contribution in [2.75, 3.05) is 7.11 Å². The van der Waals surface area contributed by atoms with Gasteiger partial charge in [0.25, 0.3) is 0 Å². The highest BCUT2D eigenvalue weighted by molar-refractivity contribution is 6.83. The molecule has 0 spiro atoms. The summed E-state index contributed by atoms with van der Waals surface area (Å²) in [5.74, 6) is 0.881. The first kappa shape index (κ1) is 11.6. The Morgan fingerprint density at radius 3 is 2.43 bits per heavy atom. The number of rotatable bonds is 3. The lowest BCUT2D eigenvalue weighted by Gasteiger charge is -2.23. The van der Waals surface area contributed by atoms with E-state index in [-0.39, 0.29) is 5.00 Å². The van der Waals surface area contributed by atoms with Gasteiger partial charge in [0.15, 0.2) is 0 Å². The van der Waals surface area contributed by atoms with E-state index in [0.717, 1.165) is 5.75 Å². The van der Waals surface area contributed by atoms with Gasteiger partial charge in [0.2, 0.25) is 0 Å². The van der Waals surface area contributed by atoms with Gasteiger partial charge in [0.05, 0.1) is 20.2 Å². The number of benzene rings is 1. The maximum atomic E-state index is 6.42. The van der Waals surface area contributed by atoms with Crippen LogP contribution in [0, 0.1) is 0 Å². The van der Waals surface area contributed by atoms with Crippen LogP contribution < -0.4 is 4.74 Å². The van der Waals surface area contributed by atoms with E-state index in [4.69, 9.17) is 16.3 Å². The van der Waals surface area contributed by atoms with E-state index in [2.05, 4.69) is 25.7 Å². The maximum absolute atomic E-state index is 6.42. The van der Waals surface area contributed by atoms with Crippen molar-refractivity contribution in [2.24, 2.45) is 0 Å². The fraction of sp³-hybridized carbons (Fsp3) is 0.455. The minimum atomic E-state index is -1.33. The number of hydrogen-bond acceptors (Lipinski definition) is 1. The number of alkyl halides is 1. The third-order valence-electron chi connectivity index (χ3n) is 2.15. The molecule has 1 rings (SSSR count). The smallest absolute Gasteiger partial charge is 0.119 e. The zero-order valence-electron chi connectivity index (χ0n) is 9.17. The lowest BCUT2D eigenvalue weighted by molar-refractivity contribution is 0.414. The molecule has 0 fully saturated rings. The Morgan fingerprint density at radius 2 is 1.93 bits per heavy atom. The van der Waals surface area contributed by atoms with Gasteiger partial charge in [-0.1, -0.05) is 31.8 Å². The summed E-state index contributed by atoms with van der Waals surface area (Å²) in [7, 11) is 0.350. The molecule has 0 aliphatic carbocycles. The van der Waals surface area contributed by atoms with Crippen LogP contribution in [0.2, 0.25) is 19.6 Å². The second-order valence-electron chi connectivity index (χ2n) is 4.51. The van der Waals surface area contributed by atoms with Crippen molar-refractivity contribution < 1.29 is 4.74 Å². The van der Waals surface area contributed by atoms with Gasteiger partial charge in [-0.3, -0.25) is 0 Å². The Kier molecular flexibility index (Phi) is 3.62. The summed E-state index contributed by atoms with van der Waals surface area (Å²) >= 11 is 6.42. The van der Waals surface area contributed by atoms with E-state index in [9.17, 15) is 0 Å². The van der Waals surface area contributed by atoms with Crippen LogP contribution in [0.1, 0.15) is 10.6 Å². The van der Waals surface area contributed by atoms with Crippen molar-refractivity contribution in [2.45, 2.75) is 24.6 Å². The second-order valence-corrected chi connectivity index (χ2v) is 10.6. The van der Waals surface area contributed by atoms with Crippen LogP contribution in [0.25, 0.3) is 0 Å². The molecule has 0 bridgehead atoms.